The number of hydrogen-bond acceptors (Lipinski definition) is 3. The van der Waals surface area contributed by atoms with Crippen molar-refractivity contribution in [1.82, 2.24) is 0 Å². The number of hydrogen-bond donors (Lipinski definition) is 1. The van der Waals surface area contributed by atoms with E-state index >= 15 is 0 Å². The number of nitro benzene ring substituents is 1. The van der Waals surface area contributed by atoms with Crippen LogP contribution in [0.1, 0.15) is 12.5 Å². The summed E-state index contributed by atoms with van der Waals surface area (Å²) in [4.78, 5) is 9.57. The van der Waals surface area contributed by atoms with Gasteiger partial charge in [-0.3, -0.25) is 10.1 Å². The molecule has 82 valence electrons. The first-order valence-corrected chi connectivity index (χ1v) is 4.22. The van der Waals surface area contributed by atoms with Crippen molar-refractivity contribution in [1.29, 1.82) is 0 Å². The molecule has 0 radical (unpaired) electrons. The molecular formula is C9H9F2NO3. The molecule has 0 spiro atoms. The van der Waals surface area contributed by atoms with Gasteiger partial charge in [0, 0.05) is 18.1 Å². The highest BCUT2D eigenvalue weighted by Gasteiger charge is 2.22. The molecule has 0 aliphatic carbocycles. The van der Waals surface area contributed by atoms with E-state index in [1.165, 1.54) is 6.92 Å². The van der Waals surface area contributed by atoms with Crippen LogP contribution in [-0.4, -0.2) is 16.1 Å². The van der Waals surface area contributed by atoms with Gasteiger partial charge in [0.15, 0.2) is 0 Å². The highest BCUT2D eigenvalue weighted by molar-refractivity contribution is 5.42. The maximum Gasteiger partial charge on any atom is 0.308 e. The summed E-state index contributed by atoms with van der Waals surface area (Å²) in [5.41, 5.74) is -0.926. The molecule has 0 saturated carbocycles. The Bertz CT molecular complexity index is 393. The molecule has 1 aromatic carbocycles. The van der Waals surface area contributed by atoms with Gasteiger partial charge in [0.1, 0.15) is 5.82 Å². The van der Waals surface area contributed by atoms with Crippen LogP contribution in [0, 0.1) is 21.7 Å². The van der Waals surface area contributed by atoms with Crippen LogP contribution in [0.15, 0.2) is 12.1 Å². The van der Waals surface area contributed by atoms with Crippen LogP contribution in [0.2, 0.25) is 0 Å². The van der Waals surface area contributed by atoms with Crippen molar-refractivity contribution in [3.8, 4) is 0 Å². The Morgan fingerprint density at radius 2 is 2.13 bits per heavy atom. The molecule has 0 saturated heterocycles. The highest BCUT2D eigenvalue weighted by atomic mass is 19.1. The summed E-state index contributed by atoms with van der Waals surface area (Å²) in [6.45, 7) is 1.38. The Morgan fingerprint density at radius 1 is 1.53 bits per heavy atom. The van der Waals surface area contributed by atoms with Crippen molar-refractivity contribution in [2.24, 2.45) is 0 Å². The molecule has 0 heterocycles. The fourth-order valence-corrected chi connectivity index (χ4v) is 1.30. The van der Waals surface area contributed by atoms with Crippen LogP contribution in [0.4, 0.5) is 14.5 Å². The summed E-state index contributed by atoms with van der Waals surface area (Å²) in [6, 6.07) is 1.30. The summed E-state index contributed by atoms with van der Waals surface area (Å²) in [6.07, 6.45) is -1.06. The number of aliphatic hydroxyl groups is 1. The zero-order chi connectivity index (χ0) is 11.6. The predicted molar refractivity (Wildman–Crippen MR) is 48.4 cm³/mol. The summed E-state index contributed by atoms with van der Waals surface area (Å²) >= 11 is 0. The quantitative estimate of drug-likeness (QED) is 0.620. The molecule has 6 heteroatoms. The van der Waals surface area contributed by atoms with Crippen LogP contribution in [0.25, 0.3) is 0 Å². The van der Waals surface area contributed by atoms with Gasteiger partial charge in [0.25, 0.3) is 0 Å². The second-order valence-corrected chi connectivity index (χ2v) is 3.21. The molecule has 1 atom stereocenters. The largest absolute Gasteiger partial charge is 0.393 e. The van der Waals surface area contributed by atoms with Crippen LogP contribution >= 0.6 is 0 Å². The molecule has 0 fully saturated rings. The number of nitro groups is 1. The lowest BCUT2D eigenvalue weighted by atomic mass is 10.1. The number of aliphatic hydroxyl groups excluding tert-OH is 1. The second kappa shape index (κ2) is 4.31. The predicted octanol–water partition coefficient (Wildman–Crippen LogP) is 1.80. The van der Waals surface area contributed by atoms with Crippen molar-refractivity contribution in [3.05, 3.63) is 39.4 Å². The van der Waals surface area contributed by atoms with E-state index in [0.29, 0.717) is 6.07 Å². The van der Waals surface area contributed by atoms with Gasteiger partial charge >= 0.3 is 5.69 Å². The van der Waals surface area contributed by atoms with Gasteiger partial charge in [0.05, 0.1) is 11.0 Å². The number of nitrogens with zero attached hydrogens (tertiary/aromatic N) is 1. The summed E-state index contributed by atoms with van der Waals surface area (Å²) in [5.74, 6) is -2.12. The molecule has 1 N–H and O–H groups in total. The van der Waals surface area contributed by atoms with Crippen molar-refractivity contribution in [3.63, 3.8) is 0 Å². The topological polar surface area (TPSA) is 63.4 Å². The van der Waals surface area contributed by atoms with Crippen LogP contribution in [-0.2, 0) is 6.42 Å². The van der Waals surface area contributed by atoms with E-state index in [0.717, 1.165) is 6.07 Å². The summed E-state index contributed by atoms with van der Waals surface area (Å²) < 4.78 is 25.8. The second-order valence-electron chi connectivity index (χ2n) is 3.21. The highest BCUT2D eigenvalue weighted by Crippen LogP contribution is 2.25. The van der Waals surface area contributed by atoms with Gasteiger partial charge in [-0.2, -0.15) is 4.39 Å². The average molecular weight is 217 g/mol. The maximum atomic E-state index is 13.0. The molecule has 1 rings (SSSR count). The standard InChI is InChI=1S/C9H9F2NO3/c1-5(13)2-6-3-7(10)4-8(11)9(6)12(14)15/h3-5,13H,2H2,1H3. The van der Waals surface area contributed by atoms with Gasteiger partial charge in [-0.15, -0.1) is 0 Å². The molecule has 15 heavy (non-hydrogen) atoms. The number of halogens is 2. The monoisotopic (exact) mass is 217 g/mol. The Kier molecular flexibility index (Phi) is 3.31. The smallest absolute Gasteiger partial charge is 0.308 e. The lowest BCUT2D eigenvalue weighted by molar-refractivity contribution is -0.388. The molecule has 1 unspecified atom stereocenters. The van der Waals surface area contributed by atoms with Gasteiger partial charge in [0.2, 0.25) is 5.82 Å². The van der Waals surface area contributed by atoms with Crippen LogP contribution in [0.5, 0.6) is 0 Å². The van der Waals surface area contributed by atoms with Crippen LogP contribution < -0.4 is 0 Å². The fraction of sp³-hybridized carbons (Fsp3) is 0.333. The van der Waals surface area contributed by atoms with E-state index in [1.807, 2.05) is 0 Å². The Labute approximate surface area is 84.3 Å². The lowest BCUT2D eigenvalue weighted by Crippen LogP contribution is -2.08. The third-order valence-corrected chi connectivity index (χ3v) is 1.81. The van der Waals surface area contributed by atoms with Gasteiger partial charge < -0.3 is 5.11 Å². The van der Waals surface area contributed by atoms with Crippen molar-refractivity contribution >= 4 is 5.69 Å². The molecule has 0 aliphatic rings. The van der Waals surface area contributed by atoms with Gasteiger partial charge in [-0.25, -0.2) is 4.39 Å². The van der Waals surface area contributed by atoms with Crippen molar-refractivity contribution in [2.75, 3.05) is 0 Å². The molecule has 1 aromatic rings. The molecule has 4 nitrogen and oxygen atoms in total. The third kappa shape index (κ3) is 2.69. The van der Waals surface area contributed by atoms with E-state index in [2.05, 4.69) is 0 Å². The minimum absolute atomic E-state index is 0.146. The maximum absolute atomic E-state index is 13.0. The molecule has 0 aliphatic heterocycles. The molecule has 0 aromatic heterocycles. The first-order valence-electron chi connectivity index (χ1n) is 4.22. The molecule has 0 bridgehead atoms. The Morgan fingerprint density at radius 3 is 2.60 bits per heavy atom. The van der Waals surface area contributed by atoms with Crippen LogP contribution in [0.3, 0.4) is 0 Å². The first-order chi connectivity index (χ1) is 6.91. The van der Waals surface area contributed by atoms with Gasteiger partial charge in [-0.05, 0) is 13.0 Å². The minimum atomic E-state index is -1.23. The van der Waals surface area contributed by atoms with Crippen molar-refractivity contribution < 1.29 is 18.8 Å². The minimum Gasteiger partial charge on any atom is -0.393 e. The Hall–Kier alpha value is -1.56. The Balaban J connectivity index is 3.27. The van der Waals surface area contributed by atoms with E-state index in [9.17, 15) is 18.9 Å². The molecular weight excluding hydrogens is 208 g/mol. The summed E-state index contributed by atoms with van der Waals surface area (Å²) in [5, 5.41) is 19.5. The zero-order valence-electron chi connectivity index (χ0n) is 7.91. The number of rotatable bonds is 3. The van der Waals surface area contributed by atoms with Crippen molar-refractivity contribution in [2.45, 2.75) is 19.4 Å². The average Bonchev–Trinajstić information content (AvgIpc) is 1.99. The first kappa shape index (κ1) is 11.5. The van der Waals surface area contributed by atoms with E-state index in [1.54, 1.807) is 0 Å². The number of benzene rings is 1. The summed E-state index contributed by atoms with van der Waals surface area (Å²) in [7, 11) is 0. The van der Waals surface area contributed by atoms with E-state index in [-0.39, 0.29) is 12.0 Å². The lowest BCUT2D eigenvalue weighted by Gasteiger charge is -2.06. The van der Waals surface area contributed by atoms with Gasteiger partial charge in [-0.1, -0.05) is 0 Å². The fourth-order valence-electron chi connectivity index (χ4n) is 1.30. The third-order valence-electron chi connectivity index (χ3n) is 1.81. The SMILES string of the molecule is CC(O)Cc1cc(F)cc(F)c1[N+](=O)[O-]. The normalized spacial score (nSPS) is 12.5. The van der Waals surface area contributed by atoms with E-state index in [4.69, 9.17) is 5.11 Å². The molecule has 0 amide bonds. The van der Waals surface area contributed by atoms with E-state index < -0.39 is 28.3 Å². The zero-order valence-corrected chi connectivity index (χ0v) is 7.91.